The van der Waals surface area contributed by atoms with E-state index in [-0.39, 0.29) is 5.92 Å². The van der Waals surface area contributed by atoms with Gasteiger partial charge in [-0.1, -0.05) is 31.5 Å². The molecular formula is C18H20ClNO4. The molecule has 128 valence electrons. The van der Waals surface area contributed by atoms with Crippen molar-refractivity contribution in [3.05, 3.63) is 57.5 Å². The number of halogens is 1. The smallest absolute Gasteiger partial charge is 0.326 e. The molecule has 0 radical (unpaired) electrons. The summed E-state index contributed by atoms with van der Waals surface area (Å²) in [6.45, 7) is 5.66. The van der Waals surface area contributed by atoms with E-state index in [0.29, 0.717) is 22.9 Å². The van der Waals surface area contributed by atoms with E-state index in [2.05, 4.69) is 0 Å². The van der Waals surface area contributed by atoms with Crippen LogP contribution in [0, 0.1) is 12.8 Å². The lowest BCUT2D eigenvalue weighted by Crippen LogP contribution is -2.30. The number of nitrogens with zero attached hydrogens (tertiary/aromatic N) is 1. The van der Waals surface area contributed by atoms with E-state index in [0.717, 1.165) is 5.56 Å². The number of carboxylic acid groups (broad SMARTS) is 1. The molecule has 5 nitrogen and oxygen atoms in total. The topological polar surface area (TPSA) is 68.5 Å². The van der Waals surface area contributed by atoms with E-state index in [4.69, 9.17) is 16.3 Å². The zero-order valence-corrected chi connectivity index (χ0v) is 14.6. The van der Waals surface area contributed by atoms with Gasteiger partial charge >= 0.3 is 5.97 Å². The fraction of sp³-hybridized carbons (Fsp3) is 0.333. The van der Waals surface area contributed by atoms with E-state index in [9.17, 15) is 14.7 Å². The van der Waals surface area contributed by atoms with Crippen molar-refractivity contribution < 1.29 is 14.6 Å². The number of aromatic nitrogens is 1. The predicted octanol–water partition coefficient (Wildman–Crippen LogP) is 4.27. The maximum absolute atomic E-state index is 12.3. The van der Waals surface area contributed by atoms with Crippen LogP contribution in [0.1, 0.15) is 31.9 Å². The molecule has 2 rings (SSSR count). The molecule has 2 aromatic rings. The SMILES string of the molecule is Cc1c(Cl)cccc1Oc1ccn(C(CC(C)C)C(=O)O)c(=O)c1. The van der Waals surface area contributed by atoms with E-state index in [1.54, 1.807) is 24.3 Å². The average Bonchev–Trinajstić information content (AvgIpc) is 2.50. The average molecular weight is 350 g/mol. The normalized spacial score (nSPS) is 12.2. The molecule has 0 aliphatic rings. The summed E-state index contributed by atoms with van der Waals surface area (Å²) in [6.07, 6.45) is 1.83. The van der Waals surface area contributed by atoms with Gasteiger partial charge in [-0.05, 0) is 37.5 Å². The van der Waals surface area contributed by atoms with Crippen LogP contribution in [0.5, 0.6) is 11.5 Å². The summed E-state index contributed by atoms with van der Waals surface area (Å²) in [6, 6.07) is 7.25. The molecule has 24 heavy (non-hydrogen) atoms. The van der Waals surface area contributed by atoms with Gasteiger partial charge in [-0.15, -0.1) is 0 Å². The molecule has 0 fully saturated rings. The van der Waals surface area contributed by atoms with Crippen molar-refractivity contribution in [2.24, 2.45) is 5.92 Å². The van der Waals surface area contributed by atoms with Crippen LogP contribution in [0.4, 0.5) is 0 Å². The Morgan fingerprint density at radius 2 is 2.04 bits per heavy atom. The molecule has 0 bridgehead atoms. The lowest BCUT2D eigenvalue weighted by atomic mass is 10.0. The highest BCUT2D eigenvalue weighted by molar-refractivity contribution is 6.31. The summed E-state index contributed by atoms with van der Waals surface area (Å²) in [5.41, 5.74) is 0.354. The highest BCUT2D eigenvalue weighted by atomic mass is 35.5. The summed E-state index contributed by atoms with van der Waals surface area (Å²) >= 11 is 6.05. The predicted molar refractivity (Wildman–Crippen MR) is 93.1 cm³/mol. The molecule has 1 aromatic carbocycles. The summed E-state index contributed by atoms with van der Waals surface area (Å²) in [5.74, 6) is 0.0279. The third kappa shape index (κ3) is 4.17. The van der Waals surface area contributed by atoms with Crippen LogP contribution in [-0.2, 0) is 4.79 Å². The zero-order valence-electron chi connectivity index (χ0n) is 13.8. The van der Waals surface area contributed by atoms with Gasteiger partial charge in [0.05, 0.1) is 0 Å². The van der Waals surface area contributed by atoms with E-state index in [1.165, 1.54) is 16.8 Å². The maximum Gasteiger partial charge on any atom is 0.326 e. The van der Waals surface area contributed by atoms with Gasteiger partial charge in [0, 0.05) is 22.8 Å². The van der Waals surface area contributed by atoms with Gasteiger partial charge < -0.3 is 14.4 Å². The highest BCUT2D eigenvalue weighted by Crippen LogP contribution is 2.29. The number of benzene rings is 1. The van der Waals surface area contributed by atoms with Gasteiger partial charge in [-0.3, -0.25) is 4.79 Å². The zero-order chi connectivity index (χ0) is 17.9. The molecule has 1 atom stereocenters. The van der Waals surface area contributed by atoms with Gasteiger partial charge in [0.1, 0.15) is 17.5 Å². The number of ether oxygens (including phenoxy) is 1. The van der Waals surface area contributed by atoms with Gasteiger partial charge in [0.2, 0.25) is 0 Å². The molecular weight excluding hydrogens is 330 g/mol. The summed E-state index contributed by atoms with van der Waals surface area (Å²) in [5, 5.41) is 9.94. The monoisotopic (exact) mass is 349 g/mol. The van der Waals surface area contributed by atoms with Gasteiger partial charge in [0.15, 0.2) is 0 Å². The molecule has 0 aliphatic carbocycles. The van der Waals surface area contributed by atoms with Crippen molar-refractivity contribution in [1.29, 1.82) is 0 Å². The third-order valence-corrected chi connectivity index (χ3v) is 4.09. The second-order valence-electron chi connectivity index (χ2n) is 6.06. The maximum atomic E-state index is 12.3. The molecule has 1 aromatic heterocycles. The van der Waals surface area contributed by atoms with E-state index < -0.39 is 17.6 Å². The highest BCUT2D eigenvalue weighted by Gasteiger charge is 2.22. The standard InChI is InChI=1S/C18H20ClNO4/c1-11(2)9-15(18(22)23)20-8-7-13(10-17(20)21)24-16-6-4-5-14(19)12(16)3/h4-8,10-11,15H,9H2,1-3H3,(H,22,23). The van der Waals surface area contributed by atoms with Gasteiger partial charge in [-0.2, -0.15) is 0 Å². The Hall–Kier alpha value is -2.27. The summed E-state index contributed by atoms with van der Waals surface area (Å²) in [7, 11) is 0. The van der Waals surface area contributed by atoms with Crippen molar-refractivity contribution in [3.63, 3.8) is 0 Å². The van der Waals surface area contributed by atoms with Crippen LogP contribution in [0.2, 0.25) is 5.02 Å². The number of carboxylic acids is 1. The minimum absolute atomic E-state index is 0.156. The van der Waals surface area contributed by atoms with Crippen LogP contribution in [0.3, 0.4) is 0 Å². The van der Waals surface area contributed by atoms with Crippen LogP contribution in [-0.4, -0.2) is 15.6 Å². The van der Waals surface area contributed by atoms with Gasteiger partial charge in [0.25, 0.3) is 5.56 Å². The molecule has 0 spiro atoms. The molecule has 0 saturated heterocycles. The minimum Gasteiger partial charge on any atom is -0.480 e. The number of rotatable bonds is 6. The number of carbonyl (C=O) groups is 1. The van der Waals surface area contributed by atoms with Crippen molar-refractivity contribution in [3.8, 4) is 11.5 Å². The molecule has 6 heteroatoms. The second-order valence-corrected chi connectivity index (χ2v) is 6.46. The van der Waals surface area contributed by atoms with Crippen LogP contribution in [0.15, 0.2) is 41.3 Å². The summed E-state index contributed by atoms with van der Waals surface area (Å²) in [4.78, 5) is 23.7. The van der Waals surface area contributed by atoms with Crippen molar-refractivity contribution >= 4 is 17.6 Å². The van der Waals surface area contributed by atoms with Crippen LogP contribution >= 0.6 is 11.6 Å². The lowest BCUT2D eigenvalue weighted by molar-refractivity contribution is -0.141. The molecule has 1 unspecified atom stereocenters. The van der Waals surface area contributed by atoms with E-state index >= 15 is 0 Å². The fourth-order valence-corrected chi connectivity index (χ4v) is 2.56. The van der Waals surface area contributed by atoms with Crippen molar-refractivity contribution in [2.75, 3.05) is 0 Å². The lowest BCUT2D eigenvalue weighted by Gasteiger charge is -2.18. The minimum atomic E-state index is -1.02. The van der Waals surface area contributed by atoms with Crippen LogP contribution in [0.25, 0.3) is 0 Å². The largest absolute Gasteiger partial charge is 0.480 e. The quantitative estimate of drug-likeness (QED) is 0.845. The Bertz CT molecular complexity index is 798. The summed E-state index contributed by atoms with van der Waals surface area (Å²) < 4.78 is 6.92. The molecule has 1 N–H and O–H groups in total. The van der Waals surface area contributed by atoms with Crippen molar-refractivity contribution in [2.45, 2.75) is 33.2 Å². The molecule has 0 saturated carbocycles. The number of hydrogen-bond acceptors (Lipinski definition) is 3. The Morgan fingerprint density at radius 1 is 1.33 bits per heavy atom. The van der Waals surface area contributed by atoms with Gasteiger partial charge in [-0.25, -0.2) is 4.79 Å². The molecule has 0 aliphatic heterocycles. The number of pyridine rings is 1. The Balaban J connectivity index is 2.31. The molecule has 0 amide bonds. The number of aliphatic carboxylic acids is 1. The van der Waals surface area contributed by atoms with Crippen molar-refractivity contribution in [1.82, 2.24) is 4.57 Å². The Labute approximate surface area is 145 Å². The fourth-order valence-electron chi connectivity index (χ4n) is 2.40. The first-order valence-corrected chi connectivity index (χ1v) is 8.05. The number of hydrogen-bond donors (Lipinski definition) is 1. The first-order chi connectivity index (χ1) is 11.3. The first kappa shape index (κ1) is 18.1. The van der Waals surface area contributed by atoms with E-state index in [1.807, 2.05) is 20.8 Å². The third-order valence-electron chi connectivity index (χ3n) is 3.68. The Morgan fingerprint density at radius 3 is 2.62 bits per heavy atom. The molecule has 1 heterocycles. The Kier molecular flexibility index (Phi) is 5.67. The first-order valence-electron chi connectivity index (χ1n) is 7.67. The van der Waals surface area contributed by atoms with Crippen LogP contribution < -0.4 is 10.3 Å². The second kappa shape index (κ2) is 7.53.